The van der Waals surface area contributed by atoms with Crippen molar-refractivity contribution in [1.82, 2.24) is 59.0 Å². The fourth-order valence-corrected chi connectivity index (χ4v) is 6.73. The standard InChI is InChI=1S/C17H12FN5O.C13H11BrN4O.C6H4BrN3.C5H5BFNO2/c18-16-13(2-1-7-19-16)14-15-17(21-9-20-14)23(10-22-15)8-11-3-5-12(24)6-4-11;1-19-10-4-2-9(3-5-10)6-18-8-17-11-12(14)15-7-16-13(11)18;7-6-5-4(1-2-8-5)9-3-10-6;7-5-3-8-2-1-4(5)6(9)10/h1-7,9-10,24H,8H2;2-5,7-8H,6H2,1H3;2-3H,1H2;1-3,9-10H. The molecular weight excluding hydrogens is 947 g/mol. The Hall–Kier alpha value is -7.01. The fraction of sp³-hybridized carbons (Fsp3) is 0.0976. The fourth-order valence-electron chi connectivity index (χ4n) is 5.94. The summed E-state index contributed by atoms with van der Waals surface area (Å²) in [5.41, 5.74) is 7.29. The summed E-state index contributed by atoms with van der Waals surface area (Å²) in [6.45, 7) is 1.24. The summed E-state index contributed by atoms with van der Waals surface area (Å²) in [4.78, 5) is 44.6. The Bertz CT molecular complexity index is 3000. The molecule has 0 fully saturated rings. The van der Waals surface area contributed by atoms with Gasteiger partial charge in [0.05, 0.1) is 50.3 Å². The van der Waals surface area contributed by atoms with E-state index in [1.54, 1.807) is 44.0 Å². The number of fused-ring (bicyclic) bond motifs is 3. The highest BCUT2D eigenvalue weighted by Gasteiger charge is 2.17. The zero-order valence-electron chi connectivity index (χ0n) is 32.8. The van der Waals surface area contributed by atoms with E-state index in [2.05, 4.69) is 86.7 Å². The number of methoxy groups -OCH3 is 1. The van der Waals surface area contributed by atoms with E-state index in [0.29, 0.717) is 40.1 Å². The van der Waals surface area contributed by atoms with Gasteiger partial charge in [-0.25, -0.2) is 49.2 Å². The minimum atomic E-state index is -1.76. The van der Waals surface area contributed by atoms with Crippen molar-refractivity contribution in [2.45, 2.75) is 19.5 Å². The topological polar surface area (TPSA) is 221 Å². The predicted molar refractivity (Wildman–Crippen MR) is 236 cm³/mol. The maximum absolute atomic E-state index is 14.0. The third-order valence-electron chi connectivity index (χ3n) is 9.01. The second kappa shape index (κ2) is 20.7. The van der Waals surface area contributed by atoms with Crippen molar-refractivity contribution in [3.63, 3.8) is 0 Å². The first kappa shape index (κ1) is 44.1. The van der Waals surface area contributed by atoms with Gasteiger partial charge in [0.15, 0.2) is 11.3 Å². The lowest BCUT2D eigenvalue weighted by Crippen LogP contribution is -2.32. The lowest BCUT2D eigenvalue weighted by atomic mass is 9.81. The molecule has 0 saturated heterocycles. The van der Waals surface area contributed by atoms with E-state index in [-0.39, 0.29) is 11.2 Å². The Balaban J connectivity index is 0.000000135. The number of halogens is 4. The Morgan fingerprint density at radius 1 is 0.714 bits per heavy atom. The number of nitrogens with zero attached hydrogens (tertiary/aromatic N) is 13. The van der Waals surface area contributed by atoms with Crippen LogP contribution in [0.2, 0.25) is 0 Å². The van der Waals surface area contributed by atoms with Crippen LogP contribution in [0.15, 0.2) is 131 Å². The molecule has 0 radical (unpaired) electrons. The van der Waals surface area contributed by atoms with E-state index in [9.17, 15) is 13.9 Å². The summed E-state index contributed by atoms with van der Waals surface area (Å²) in [7, 11) is -0.102. The van der Waals surface area contributed by atoms with E-state index >= 15 is 0 Å². The molecule has 0 atom stereocenters. The molecule has 1 aliphatic rings. The molecule has 10 rings (SSSR count). The predicted octanol–water partition coefficient (Wildman–Crippen LogP) is 5.83. The molecule has 0 saturated carbocycles. The van der Waals surface area contributed by atoms with Crippen LogP contribution in [0, 0.1) is 11.8 Å². The van der Waals surface area contributed by atoms with Gasteiger partial charge in [0.1, 0.15) is 67.9 Å². The first-order chi connectivity index (χ1) is 30.6. The summed E-state index contributed by atoms with van der Waals surface area (Å²) >= 11 is 6.65. The molecule has 0 spiro atoms. The van der Waals surface area contributed by atoms with E-state index < -0.39 is 18.9 Å². The van der Waals surface area contributed by atoms with Crippen LogP contribution < -0.4 is 10.2 Å². The van der Waals surface area contributed by atoms with E-state index in [1.165, 1.54) is 37.4 Å². The highest BCUT2D eigenvalue weighted by molar-refractivity contribution is 9.10. The number of hydrogen-bond acceptors (Lipinski definition) is 15. The molecule has 0 unspecified atom stereocenters. The third-order valence-corrected chi connectivity index (χ3v) is 10.2. The number of phenols is 1. The lowest BCUT2D eigenvalue weighted by Gasteiger charge is -2.05. The van der Waals surface area contributed by atoms with Crippen LogP contribution in [-0.2, 0) is 19.5 Å². The molecule has 63 heavy (non-hydrogen) atoms. The van der Waals surface area contributed by atoms with Crippen LogP contribution in [0.25, 0.3) is 33.6 Å². The quantitative estimate of drug-likeness (QED) is 0.0973. The Kier molecular flexibility index (Phi) is 14.5. The van der Waals surface area contributed by atoms with Crippen molar-refractivity contribution in [3.8, 4) is 22.8 Å². The van der Waals surface area contributed by atoms with E-state index in [0.717, 1.165) is 56.6 Å². The SMILES string of the molecule is Brc1ncnc2c1N=CC2.COc1ccc(Cn2cnc3c(Br)ncnc32)cc1.OB(O)c1ccncc1F.Oc1ccc(Cn2cnc3c(-c4cccnc4F)ncnc32)cc1. The van der Waals surface area contributed by atoms with Gasteiger partial charge in [0.25, 0.3) is 0 Å². The molecule has 316 valence electrons. The van der Waals surface area contributed by atoms with Crippen molar-refractivity contribution in [1.29, 1.82) is 0 Å². The summed E-state index contributed by atoms with van der Waals surface area (Å²) in [6, 6.07) is 19.3. The van der Waals surface area contributed by atoms with Crippen molar-refractivity contribution >= 4 is 78.7 Å². The Morgan fingerprint density at radius 2 is 1.35 bits per heavy atom. The number of hydrogen-bond donors (Lipinski definition) is 3. The summed E-state index contributed by atoms with van der Waals surface area (Å²) in [6.07, 6.45) is 14.1. The van der Waals surface area contributed by atoms with Crippen LogP contribution in [-0.4, -0.2) is 94.6 Å². The summed E-state index contributed by atoms with van der Waals surface area (Å²) < 4.78 is 36.9. The number of aliphatic imine (C=N–C) groups is 1. The van der Waals surface area contributed by atoms with Gasteiger partial charge in [0, 0.05) is 30.5 Å². The monoisotopic (exact) mass is 977 g/mol. The van der Waals surface area contributed by atoms with Crippen LogP contribution >= 0.6 is 31.9 Å². The molecule has 3 N–H and O–H groups in total. The second-order valence-corrected chi connectivity index (χ2v) is 14.6. The van der Waals surface area contributed by atoms with Gasteiger partial charge < -0.3 is 29.0 Å². The average molecular weight is 979 g/mol. The number of aromatic nitrogens is 12. The average Bonchev–Trinajstić information content (AvgIpc) is 4.06. The van der Waals surface area contributed by atoms with Crippen molar-refractivity contribution in [2.75, 3.05) is 7.11 Å². The largest absolute Gasteiger partial charge is 0.508 e. The number of aromatic hydroxyl groups is 1. The van der Waals surface area contributed by atoms with Gasteiger partial charge in [-0.1, -0.05) is 24.3 Å². The number of pyridine rings is 2. The van der Waals surface area contributed by atoms with Gasteiger partial charge >= 0.3 is 7.12 Å². The van der Waals surface area contributed by atoms with Gasteiger partial charge in [-0.3, -0.25) is 9.98 Å². The third kappa shape index (κ3) is 10.9. The number of phenolic OH excluding ortho intramolecular Hbond substituents is 1. The number of benzene rings is 2. The number of rotatable bonds is 7. The lowest BCUT2D eigenvalue weighted by molar-refractivity contribution is 0.414. The maximum Gasteiger partial charge on any atom is 0.491 e. The molecule has 22 heteroatoms. The van der Waals surface area contributed by atoms with Gasteiger partial charge in [-0.15, -0.1) is 0 Å². The second-order valence-electron chi connectivity index (χ2n) is 13.1. The zero-order chi connectivity index (χ0) is 44.3. The van der Waals surface area contributed by atoms with Crippen LogP contribution in [0.4, 0.5) is 14.5 Å². The smallest absolute Gasteiger partial charge is 0.491 e. The zero-order valence-corrected chi connectivity index (χ0v) is 36.0. The van der Waals surface area contributed by atoms with Crippen molar-refractivity contribution < 1.29 is 28.7 Å². The molecule has 17 nitrogen and oxygen atoms in total. The normalized spacial score (nSPS) is 11.2. The first-order valence-electron chi connectivity index (χ1n) is 18.6. The van der Waals surface area contributed by atoms with E-state index in [4.69, 9.17) is 14.8 Å². The highest BCUT2D eigenvalue weighted by atomic mass is 79.9. The summed E-state index contributed by atoms with van der Waals surface area (Å²) in [5.74, 6) is -0.238. The molecule has 8 heterocycles. The minimum Gasteiger partial charge on any atom is -0.508 e. The van der Waals surface area contributed by atoms with E-state index in [1.807, 2.05) is 51.7 Å². The maximum atomic E-state index is 14.0. The van der Waals surface area contributed by atoms with Gasteiger partial charge in [-0.05, 0) is 85.5 Å². The highest BCUT2D eigenvalue weighted by Crippen LogP contribution is 2.29. The Morgan fingerprint density at radius 3 is 1.98 bits per heavy atom. The number of imidazole rings is 2. The number of ether oxygens (including phenoxy) is 1. The minimum absolute atomic E-state index is 0.157. The molecular formula is C41H32BBr2F2N13O4. The van der Waals surface area contributed by atoms with Gasteiger partial charge in [-0.2, -0.15) is 4.39 Å². The molecule has 0 bridgehead atoms. The van der Waals surface area contributed by atoms with Crippen LogP contribution in [0.1, 0.15) is 16.8 Å². The molecule has 2 aromatic carbocycles. The van der Waals surface area contributed by atoms with Crippen molar-refractivity contribution in [2.24, 2.45) is 4.99 Å². The molecule has 0 amide bonds. The molecule has 0 aliphatic carbocycles. The Labute approximate surface area is 373 Å². The van der Waals surface area contributed by atoms with Crippen molar-refractivity contribution in [3.05, 3.63) is 155 Å². The molecule has 9 aromatic rings. The van der Waals surface area contributed by atoms with Crippen LogP contribution in [0.5, 0.6) is 11.5 Å². The van der Waals surface area contributed by atoms with Crippen LogP contribution in [0.3, 0.4) is 0 Å². The summed E-state index contributed by atoms with van der Waals surface area (Å²) in [5, 5.41) is 26.3. The van der Waals surface area contributed by atoms with Gasteiger partial charge in [0.2, 0.25) is 5.95 Å². The molecule has 1 aliphatic heterocycles. The first-order valence-corrected chi connectivity index (χ1v) is 20.1. The molecule has 7 aromatic heterocycles.